The number of fused-ring (bicyclic) bond motifs is 2. The van der Waals surface area contributed by atoms with Crippen molar-refractivity contribution in [1.29, 1.82) is 0 Å². The molecule has 16 nitrogen and oxygen atoms in total. The Balaban J connectivity index is 0.000000202. The largest absolute Gasteiger partial charge is 0.490 e. The van der Waals surface area contributed by atoms with Gasteiger partial charge >= 0.3 is 0 Å². The molecule has 4 aromatic heterocycles. The van der Waals surface area contributed by atoms with Crippen LogP contribution in [0.1, 0.15) is 142 Å². The number of ether oxygens (including phenoxy) is 5. The maximum Gasteiger partial charge on any atom is 0.180 e. The van der Waals surface area contributed by atoms with Crippen molar-refractivity contribution >= 4 is 34.8 Å². The number of aromatic nitrogens is 6. The molecule has 400 valence electrons. The van der Waals surface area contributed by atoms with Gasteiger partial charge in [-0.15, -0.1) is 0 Å². The molecule has 4 aromatic rings. The number of carbonyl (C=O) groups excluding carboxylic acids is 2. The zero-order valence-electron chi connectivity index (χ0n) is 45.2. The molecule has 2 unspecified atom stereocenters. The summed E-state index contributed by atoms with van der Waals surface area (Å²) in [4.78, 5) is 56.6. The number of nitrogens with zero attached hydrogens (tertiary/aromatic N) is 8. The highest BCUT2D eigenvalue weighted by Crippen LogP contribution is 2.33. The van der Waals surface area contributed by atoms with Crippen LogP contribution in [0.15, 0.2) is 36.7 Å². The van der Waals surface area contributed by atoms with E-state index < -0.39 is 11.2 Å². The van der Waals surface area contributed by atoms with Gasteiger partial charge in [-0.05, 0) is 135 Å². The smallest absolute Gasteiger partial charge is 0.180 e. The van der Waals surface area contributed by atoms with Crippen LogP contribution in [0, 0.1) is 11.8 Å². The minimum Gasteiger partial charge on any atom is -0.490 e. The van der Waals surface area contributed by atoms with Gasteiger partial charge in [0.25, 0.3) is 0 Å². The van der Waals surface area contributed by atoms with E-state index in [9.17, 15) is 9.59 Å². The lowest BCUT2D eigenvalue weighted by molar-refractivity contribution is -0.223. The third-order valence-corrected chi connectivity index (χ3v) is 12.9. The zero-order chi connectivity index (χ0) is 52.7. The Morgan fingerprint density at radius 2 is 1.16 bits per heavy atom. The van der Waals surface area contributed by atoms with Gasteiger partial charge in [-0.2, -0.15) is 0 Å². The molecule has 0 aromatic carbocycles. The summed E-state index contributed by atoms with van der Waals surface area (Å²) in [6, 6.07) is 7.21. The molecule has 2 atom stereocenters. The summed E-state index contributed by atoms with van der Waals surface area (Å²) in [6.07, 6.45) is 16.5. The molecular weight excluding hydrogens is 948 g/mol. The number of rotatable bonds is 20. The predicted octanol–water partition coefficient (Wildman–Crippen LogP) is 9.81. The summed E-state index contributed by atoms with van der Waals surface area (Å²) in [7, 11) is 3.86. The number of Topliss-reactive ketones (excluding diaryl/α,β-unsaturated/α-hetero) is 2. The first kappa shape index (κ1) is 57.6. The normalized spacial score (nSPS) is 17.5. The van der Waals surface area contributed by atoms with Crippen molar-refractivity contribution in [3.05, 3.63) is 64.2 Å². The summed E-state index contributed by atoms with van der Waals surface area (Å²) in [6.45, 7) is 18.7. The van der Waals surface area contributed by atoms with E-state index in [1.165, 1.54) is 0 Å². The summed E-state index contributed by atoms with van der Waals surface area (Å²) >= 11 is 6.08. The maximum absolute atomic E-state index is 12.5. The number of pyridine rings is 2. The van der Waals surface area contributed by atoms with Crippen molar-refractivity contribution in [1.82, 2.24) is 29.9 Å². The van der Waals surface area contributed by atoms with Crippen molar-refractivity contribution in [2.24, 2.45) is 11.8 Å². The SMILES string of the molecule is CC(C)(CO)OC1CCCCO1.CC(C)CC(=O)CN(C)c1nc(-c2cc(Cl)ccn2)nc2c1CCC2.CC(C)CC(=O)CN(C)c1nc(-c2cc(OCC(C)(C)OC3CCCCO3)ccn2)nc2c1CCC2. The lowest BCUT2D eigenvalue weighted by Crippen LogP contribution is -2.38. The maximum atomic E-state index is 12.5. The van der Waals surface area contributed by atoms with Crippen LogP contribution in [0.2, 0.25) is 5.02 Å². The van der Waals surface area contributed by atoms with Gasteiger partial charge in [-0.25, -0.2) is 19.9 Å². The van der Waals surface area contributed by atoms with Gasteiger partial charge in [-0.3, -0.25) is 19.6 Å². The van der Waals surface area contributed by atoms with Crippen molar-refractivity contribution in [3.8, 4) is 28.8 Å². The van der Waals surface area contributed by atoms with Gasteiger partial charge in [0.2, 0.25) is 0 Å². The van der Waals surface area contributed by atoms with Gasteiger partial charge < -0.3 is 38.6 Å². The Morgan fingerprint density at radius 1 is 0.685 bits per heavy atom. The van der Waals surface area contributed by atoms with Gasteiger partial charge in [0.15, 0.2) is 35.8 Å². The lowest BCUT2D eigenvalue weighted by atomic mass is 10.1. The Hall–Kier alpha value is -4.71. The third-order valence-electron chi connectivity index (χ3n) is 12.7. The lowest BCUT2D eigenvalue weighted by Gasteiger charge is -2.32. The Labute approximate surface area is 438 Å². The number of ketones is 2. The topological polar surface area (TPSA) is 184 Å². The molecule has 0 saturated carbocycles. The van der Waals surface area contributed by atoms with E-state index in [2.05, 4.69) is 37.7 Å². The number of aliphatic hydroxyl groups is 1. The molecule has 2 aliphatic heterocycles. The number of anilines is 2. The van der Waals surface area contributed by atoms with Crippen LogP contribution in [0.4, 0.5) is 11.6 Å². The molecule has 0 spiro atoms. The van der Waals surface area contributed by atoms with Crippen LogP contribution in [-0.2, 0) is 54.2 Å². The van der Waals surface area contributed by atoms with Crippen LogP contribution in [-0.4, -0.2) is 124 Å². The molecule has 2 fully saturated rings. The van der Waals surface area contributed by atoms with E-state index >= 15 is 0 Å². The van der Waals surface area contributed by atoms with E-state index in [0.29, 0.717) is 78.2 Å². The van der Waals surface area contributed by atoms with E-state index in [0.717, 1.165) is 124 Å². The number of likely N-dealkylation sites (N-methyl/N-ethyl adjacent to an activating group) is 2. The number of aryl methyl sites for hydroxylation is 2. The second kappa shape index (κ2) is 27.2. The monoisotopic (exact) mass is 1030 g/mol. The number of aliphatic hydroxyl groups excluding tert-OH is 1. The van der Waals surface area contributed by atoms with Crippen molar-refractivity contribution < 1.29 is 38.4 Å². The Morgan fingerprint density at radius 3 is 1.62 bits per heavy atom. The molecule has 2 aliphatic carbocycles. The molecule has 1 N–H and O–H groups in total. The van der Waals surface area contributed by atoms with E-state index in [1.807, 2.05) is 63.7 Å². The molecule has 0 bridgehead atoms. The molecule has 0 radical (unpaired) electrons. The van der Waals surface area contributed by atoms with Crippen molar-refractivity contribution in [2.75, 3.05) is 63.4 Å². The average Bonchev–Trinajstić information content (AvgIpc) is 4.04. The van der Waals surface area contributed by atoms with E-state index in [1.54, 1.807) is 24.5 Å². The average molecular weight is 1030 g/mol. The van der Waals surface area contributed by atoms with Crippen LogP contribution in [0.5, 0.6) is 5.75 Å². The Bertz CT molecular complexity index is 2420. The number of carbonyl (C=O) groups is 2. The summed E-state index contributed by atoms with van der Waals surface area (Å²) in [5.41, 5.74) is 4.76. The highest BCUT2D eigenvalue weighted by molar-refractivity contribution is 6.30. The quantitative estimate of drug-likeness (QED) is 0.0881. The minimum atomic E-state index is -0.492. The van der Waals surface area contributed by atoms with E-state index in [-0.39, 0.29) is 30.8 Å². The van der Waals surface area contributed by atoms with Gasteiger partial charge in [0, 0.05) is 86.1 Å². The molecule has 0 amide bonds. The molecule has 73 heavy (non-hydrogen) atoms. The third kappa shape index (κ3) is 18.0. The predicted molar refractivity (Wildman–Crippen MR) is 285 cm³/mol. The van der Waals surface area contributed by atoms with Gasteiger partial charge in [-0.1, -0.05) is 39.3 Å². The minimum absolute atomic E-state index is 0.0346. The molecule has 17 heteroatoms. The first-order valence-corrected chi connectivity index (χ1v) is 26.8. The van der Waals surface area contributed by atoms with Crippen LogP contribution in [0.25, 0.3) is 23.0 Å². The fraction of sp³-hybridized carbons (Fsp3) is 0.643. The highest BCUT2D eigenvalue weighted by Gasteiger charge is 2.29. The fourth-order valence-electron chi connectivity index (χ4n) is 9.20. The second-order valence-corrected chi connectivity index (χ2v) is 22.3. The molecule has 6 heterocycles. The zero-order valence-corrected chi connectivity index (χ0v) is 45.9. The first-order chi connectivity index (χ1) is 34.8. The van der Waals surface area contributed by atoms with Crippen LogP contribution in [0.3, 0.4) is 0 Å². The van der Waals surface area contributed by atoms with Crippen molar-refractivity contribution in [3.63, 3.8) is 0 Å². The number of hydrogen-bond acceptors (Lipinski definition) is 16. The molecule has 8 rings (SSSR count). The van der Waals surface area contributed by atoms with Crippen molar-refractivity contribution in [2.45, 2.75) is 169 Å². The number of halogens is 1. The molecule has 2 saturated heterocycles. The first-order valence-electron chi connectivity index (χ1n) is 26.4. The van der Waals surface area contributed by atoms with Gasteiger partial charge in [0.1, 0.15) is 35.4 Å². The highest BCUT2D eigenvalue weighted by atomic mass is 35.5. The fourth-order valence-corrected chi connectivity index (χ4v) is 9.36. The summed E-state index contributed by atoms with van der Waals surface area (Å²) in [5, 5.41) is 9.55. The summed E-state index contributed by atoms with van der Waals surface area (Å²) < 4.78 is 28.9. The molecule has 4 aliphatic rings. The summed E-state index contributed by atoms with van der Waals surface area (Å²) in [5.74, 6) is 4.65. The van der Waals surface area contributed by atoms with E-state index in [4.69, 9.17) is 60.3 Å². The number of hydrogen-bond donors (Lipinski definition) is 1. The standard InChI is InChI=1S/C28H40N4O4.C19H23ClN4O.C9H18O3/c1-19(2)15-20(33)17-32(5)27-22-9-8-10-23(22)30-26(31-27)24-16-21(12-13-29-24)35-18-28(3,4)36-25-11-6-7-14-34-25;1-12(2)9-14(25)11-24(3)19-15-5-4-6-16(15)22-18(23-19)17-10-13(20)7-8-21-17;1-9(2,7-10)12-8-5-3-4-6-11-8/h12-13,16,19,25H,6-11,14-15,17-18H2,1-5H3;7-8,10,12H,4-6,9,11H2,1-3H3;8,10H,3-7H2,1-2H3. The van der Waals surface area contributed by atoms with Crippen LogP contribution >= 0.6 is 11.6 Å². The second-order valence-electron chi connectivity index (χ2n) is 21.8. The Kier molecular flexibility index (Phi) is 21.4. The van der Waals surface area contributed by atoms with Crippen LogP contribution < -0.4 is 14.5 Å². The molecular formula is C56H81ClN8O8. The van der Waals surface area contributed by atoms with Gasteiger partial charge in [0.05, 0.1) is 30.9 Å².